The number of alkyl halides is 4. The molecule has 2 aromatic rings. The number of nitrogens with zero attached hydrogens (tertiary/aromatic N) is 2. The molecule has 1 heterocycles. The average molecular weight is 372 g/mol. The fraction of sp³-hybridized carbons (Fsp3) is 0.250. The van der Waals surface area contributed by atoms with Crippen LogP contribution in [-0.4, -0.2) is 34.8 Å². The van der Waals surface area contributed by atoms with Gasteiger partial charge in [-0.3, -0.25) is 9.59 Å². The maximum Gasteiger partial charge on any atom is 0.387 e. The Morgan fingerprint density at radius 2 is 1.38 bits per heavy atom. The number of halogens is 4. The number of rotatable bonds is 9. The first-order valence-electron chi connectivity index (χ1n) is 7.22. The predicted molar refractivity (Wildman–Crippen MR) is 79.6 cm³/mol. The molecule has 0 bridgehead atoms. The van der Waals surface area contributed by atoms with Crippen LogP contribution in [0.3, 0.4) is 0 Å². The first kappa shape index (κ1) is 19.3. The van der Waals surface area contributed by atoms with Crippen molar-refractivity contribution in [1.29, 1.82) is 0 Å². The summed E-state index contributed by atoms with van der Waals surface area (Å²) < 4.78 is 57.6. The highest BCUT2D eigenvalue weighted by Crippen LogP contribution is 2.31. The van der Waals surface area contributed by atoms with Crippen molar-refractivity contribution < 1.29 is 36.6 Å². The second kappa shape index (κ2) is 8.88. The van der Waals surface area contributed by atoms with Crippen molar-refractivity contribution in [2.24, 2.45) is 0 Å². The first-order valence-corrected chi connectivity index (χ1v) is 7.22. The Bertz CT molecular complexity index is 772. The number of ketones is 2. The van der Waals surface area contributed by atoms with Crippen LogP contribution in [0.25, 0.3) is 0 Å². The van der Waals surface area contributed by atoms with Gasteiger partial charge in [0.1, 0.15) is 6.33 Å². The third-order valence-electron chi connectivity index (χ3n) is 3.16. The molecule has 0 radical (unpaired) electrons. The molecule has 6 nitrogen and oxygen atoms in total. The zero-order valence-electron chi connectivity index (χ0n) is 13.1. The predicted octanol–water partition coefficient (Wildman–Crippen LogP) is 3.53. The summed E-state index contributed by atoms with van der Waals surface area (Å²) in [4.78, 5) is 31.4. The minimum atomic E-state index is -3.29. The summed E-state index contributed by atoms with van der Waals surface area (Å²) in [6.07, 6.45) is 3.45. The van der Waals surface area contributed by atoms with Crippen molar-refractivity contribution in [3.8, 4) is 11.5 Å². The van der Waals surface area contributed by atoms with Crippen LogP contribution in [0.15, 0.2) is 36.9 Å². The largest absolute Gasteiger partial charge is 0.431 e. The minimum absolute atomic E-state index is 0.0839. The molecular weight excluding hydrogens is 360 g/mol. The highest BCUT2D eigenvalue weighted by atomic mass is 19.3. The number of hydrogen-bond donors (Lipinski definition) is 0. The molecule has 0 fully saturated rings. The number of aromatic nitrogens is 2. The molecule has 0 aliphatic carbocycles. The van der Waals surface area contributed by atoms with Crippen molar-refractivity contribution in [3.63, 3.8) is 0 Å². The Morgan fingerprint density at radius 3 is 1.96 bits per heavy atom. The smallest absolute Gasteiger partial charge is 0.387 e. The summed E-state index contributed by atoms with van der Waals surface area (Å²) in [6.45, 7) is -6.54. The highest BCUT2D eigenvalue weighted by Gasteiger charge is 2.18. The quantitative estimate of drug-likeness (QED) is 0.495. The molecule has 0 saturated heterocycles. The van der Waals surface area contributed by atoms with Gasteiger partial charge in [-0.2, -0.15) is 17.6 Å². The van der Waals surface area contributed by atoms with E-state index >= 15 is 0 Å². The summed E-state index contributed by atoms with van der Waals surface area (Å²) in [7, 11) is 0. The third kappa shape index (κ3) is 5.50. The van der Waals surface area contributed by atoms with Gasteiger partial charge in [-0.1, -0.05) is 0 Å². The Morgan fingerprint density at radius 1 is 0.846 bits per heavy atom. The van der Waals surface area contributed by atoms with Crippen LogP contribution in [0.5, 0.6) is 11.5 Å². The van der Waals surface area contributed by atoms with E-state index in [-0.39, 0.29) is 29.8 Å². The Labute approximate surface area is 144 Å². The van der Waals surface area contributed by atoms with Crippen LogP contribution in [0, 0.1) is 0 Å². The lowest BCUT2D eigenvalue weighted by atomic mass is 10.0. The standard InChI is InChI=1S/C16H12F4N2O4/c17-15(18)25-13-4-1-9(5-14(13)26-16(19)20)11(23)2-3-12(24)10-6-21-8-22-7-10/h1,4-8,15-16H,2-3H2. The molecule has 0 atom stereocenters. The highest BCUT2D eigenvalue weighted by molar-refractivity contribution is 6.02. The molecule has 10 heteroatoms. The number of benzene rings is 1. The van der Waals surface area contributed by atoms with E-state index in [9.17, 15) is 27.2 Å². The molecule has 0 amide bonds. The fourth-order valence-electron chi connectivity index (χ4n) is 2.02. The molecule has 0 spiro atoms. The summed E-state index contributed by atoms with van der Waals surface area (Å²) in [5, 5.41) is 0. The van der Waals surface area contributed by atoms with Gasteiger partial charge in [0.15, 0.2) is 23.1 Å². The van der Waals surface area contributed by atoms with E-state index in [1.54, 1.807) is 0 Å². The SMILES string of the molecule is O=C(CCC(=O)c1ccc(OC(F)F)c(OC(F)F)c1)c1cncnc1. The summed E-state index contributed by atoms with van der Waals surface area (Å²) in [6, 6.07) is 2.90. The second-order valence-corrected chi connectivity index (χ2v) is 4.89. The van der Waals surface area contributed by atoms with Gasteiger partial charge in [-0.05, 0) is 18.2 Å². The van der Waals surface area contributed by atoms with Gasteiger partial charge in [-0.15, -0.1) is 0 Å². The van der Waals surface area contributed by atoms with Crippen molar-refractivity contribution in [2.75, 3.05) is 0 Å². The van der Waals surface area contributed by atoms with Crippen LogP contribution in [-0.2, 0) is 0 Å². The van der Waals surface area contributed by atoms with E-state index in [4.69, 9.17) is 0 Å². The number of carbonyl (C=O) groups is 2. The number of Topliss-reactive ketones (excluding diaryl/α,β-unsaturated/α-hetero) is 2. The van der Waals surface area contributed by atoms with E-state index < -0.39 is 30.5 Å². The van der Waals surface area contributed by atoms with E-state index in [1.165, 1.54) is 18.7 Å². The molecule has 0 saturated carbocycles. The zero-order valence-corrected chi connectivity index (χ0v) is 13.1. The normalized spacial score (nSPS) is 10.8. The van der Waals surface area contributed by atoms with Gasteiger partial charge < -0.3 is 9.47 Å². The maximum atomic E-state index is 12.4. The van der Waals surface area contributed by atoms with Crippen molar-refractivity contribution in [1.82, 2.24) is 9.97 Å². The van der Waals surface area contributed by atoms with Crippen LogP contribution < -0.4 is 9.47 Å². The number of ether oxygens (including phenoxy) is 2. The third-order valence-corrected chi connectivity index (χ3v) is 3.16. The molecule has 0 unspecified atom stereocenters. The zero-order chi connectivity index (χ0) is 19.1. The van der Waals surface area contributed by atoms with E-state index in [1.807, 2.05) is 0 Å². The molecule has 26 heavy (non-hydrogen) atoms. The van der Waals surface area contributed by atoms with E-state index in [0.717, 1.165) is 18.2 Å². The van der Waals surface area contributed by atoms with Crippen molar-refractivity contribution >= 4 is 11.6 Å². The molecule has 0 N–H and O–H groups in total. The van der Waals surface area contributed by atoms with Gasteiger partial charge >= 0.3 is 13.2 Å². The van der Waals surface area contributed by atoms with Gasteiger partial charge in [0.25, 0.3) is 0 Å². The van der Waals surface area contributed by atoms with Crippen LogP contribution in [0.2, 0.25) is 0 Å². The topological polar surface area (TPSA) is 78.4 Å². The lowest BCUT2D eigenvalue weighted by Crippen LogP contribution is -2.10. The van der Waals surface area contributed by atoms with Gasteiger partial charge in [0.05, 0.1) is 5.56 Å². The molecule has 138 valence electrons. The summed E-state index contributed by atoms with van der Waals surface area (Å²) >= 11 is 0. The van der Waals surface area contributed by atoms with Gasteiger partial charge in [0.2, 0.25) is 0 Å². The van der Waals surface area contributed by atoms with Crippen LogP contribution in [0.1, 0.15) is 33.6 Å². The maximum absolute atomic E-state index is 12.4. The average Bonchev–Trinajstić information content (AvgIpc) is 2.60. The lowest BCUT2D eigenvalue weighted by Gasteiger charge is -2.12. The molecule has 1 aromatic heterocycles. The Balaban J connectivity index is 2.09. The molecule has 2 rings (SSSR count). The van der Waals surface area contributed by atoms with E-state index in [0.29, 0.717) is 0 Å². The summed E-state index contributed by atoms with van der Waals surface area (Å²) in [5.74, 6) is -2.26. The first-order chi connectivity index (χ1) is 12.4. The fourth-order valence-corrected chi connectivity index (χ4v) is 2.02. The Hall–Kier alpha value is -3.04. The van der Waals surface area contributed by atoms with E-state index in [2.05, 4.69) is 19.4 Å². The van der Waals surface area contributed by atoms with Crippen molar-refractivity contribution in [3.05, 3.63) is 48.0 Å². The summed E-state index contributed by atoms with van der Waals surface area (Å²) in [5.41, 5.74) is 0.141. The number of carbonyl (C=O) groups excluding carboxylic acids is 2. The lowest BCUT2D eigenvalue weighted by molar-refractivity contribution is -0.0692. The molecule has 0 aliphatic heterocycles. The monoisotopic (exact) mass is 372 g/mol. The van der Waals surface area contributed by atoms with Gasteiger partial charge in [0, 0.05) is 30.8 Å². The second-order valence-electron chi connectivity index (χ2n) is 4.89. The van der Waals surface area contributed by atoms with Crippen LogP contribution >= 0.6 is 0 Å². The minimum Gasteiger partial charge on any atom is -0.431 e. The number of hydrogen-bond acceptors (Lipinski definition) is 6. The van der Waals surface area contributed by atoms with Crippen LogP contribution in [0.4, 0.5) is 17.6 Å². The van der Waals surface area contributed by atoms with Crippen molar-refractivity contribution in [2.45, 2.75) is 26.1 Å². The molecule has 1 aromatic carbocycles. The molecule has 0 aliphatic rings. The Kier molecular flexibility index (Phi) is 6.59. The molecular formula is C16H12F4N2O4. The van der Waals surface area contributed by atoms with Gasteiger partial charge in [-0.25, -0.2) is 9.97 Å².